The van der Waals surface area contributed by atoms with Crippen molar-refractivity contribution in [2.45, 2.75) is 31.7 Å². The summed E-state index contributed by atoms with van der Waals surface area (Å²) >= 11 is 0. The SMILES string of the molecule is O=C(Nc1ccc2cnc(Nc3ccc(N4CCNCC4)cc3)nc2n1)NC1CCCC1. The minimum atomic E-state index is -0.222. The molecule has 9 nitrogen and oxygen atoms in total. The predicted octanol–water partition coefficient (Wildman–Crippen LogP) is 3.24. The molecule has 32 heavy (non-hydrogen) atoms. The Balaban J connectivity index is 1.25. The largest absolute Gasteiger partial charge is 0.369 e. The van der Waals surface area contributed by atoms with Crippen LogP contribution in [0.3, 0.4) is 0 Å². The van der Waals surface area contributed by atoms with E-state index in [2.05, 4.69) is 53.3 Å². The summed E-state index contributed by atoms with van der Waals surface area (Å²) in [5, 5.41) is 13.2. The maximum atomic E-state index is 12.2. The van der Waals surface area contributed by atoms with Crippen molar-refractivity contribution in [3.63, 3.8) is 0 Å². The Bertz CT molecular complexity index is 1080. The summed E-state index contributed by atoms with van der Waals surface area (Å²) in [5.74, 6) is 0.936. The highest BCUT2D eigenvalue weighted by molar-refractivity contribution is 5.90. The number of piperazine rings is 1. The van der Waals surface area contributed by atoms with Gasteiger partial charge in [-0.3, -0.25) is 5.32 Å². The Morgan fingerprint density at radius 1 is 1.00 bits per heavy atom. The number of aromatic nitrogens is 3. The molecule has 1 saturated heterocycles. The number of pyridine rings is 1. The molecule has 2 aliphatic rings. The van der Waals surface area contributed by atoms with Gasteiger partial charge in [-0.1, -0.05) is 12.8 Å². The number of carbonyl (C=O) groups is 1. The highest BCUT2D eigenvalue weighted by Gasteiger charge is 2.17. The van der Waals surface area contributed by atoms with Crippen LogP contribution in [-0.4, -0.2) is 53.2 Å². The lowest BCUT2D eigenvalue weighted by molar-refractivity contribution is 0.248. The van der Waals surface area contributed by atoms with Crippen molar-refractivity contribution in [3.8, 4) is 0 Å². The number of rotatable bonds is 5. The molecule has 0 bridgehead atoms. The van der Waals surface area contributed by atoms with Crippen molar-refractivity contribution in [1.29, 1.82) is 0 Å². The number of amides is 2. The molecule has 2 fully saturated rings. The highest BCUT2D eigenvalue weighted by atomic mass is 16.2. The van der Waals surface area contributed by atoms with Crippen LogP contribution < -0.4 is 26.2 Å². The topological polar surface area (TPSA) is 107 Å². The van der Waals surface area contributed by atoms with E-state index in [0.29, 0.717) is 17.4 Å². The Morgan fingerprint density at radius 2 is 1.78 bits per heavy atom. The van der Waals surface area contributed by atoms with Crippen LogP contribution in [0.4, 0.5) is 27.9 Å². The van der Waals surface area contributed by atoms with Gasteiger partial charge in [-0.15, -0.1) is 0 Å². The molecular weight excluding hydrogens is 404 g/mol. The number of nitrogens with one attached hydrogen (secondary N) is 4. The van der Waals surface area contributed by atoms with Gasteiger partial charge in [0.1, 0.15) is 5.82 Å². The van der Waals surface area contributed by atoms with Gasteiger partial charge in [-0.05, 0) is 49.2 Å². The van der Waals surface area contributed by atoms with Gasteiger partial charge in [0, 0.05) is 55.2 Å². The van der Waals surface area contributed by atoms with Gasteiger partial charge < -0.3 is 20.9 Å². The van der Waals surface area contributed by atoms with Crippen molar-refractivity contribution >= 4 is 40.2 Å². The summed E-state index contributed by atoms with van der Waals surface area (Å²) in [6.07, 6.45) is 6.15. The fourth-order valence-corrected chi connectivity index (χ4v) is 4.25. The van der Waals surface area contributed by atoms with E-state index in [9.17, 15) is 4.79 Å². The monoisotopic (exact) mass is 432 g/mol. The number of fused-ring (bicyclic) bond motifs is 1. The molecule has 0 atom stereocenters. The lowest BCUT2D eigenvalue weighted by Crippen LogP contribution is -2.43. The zero-order valence-electron chi connectivity index (χ0n) is 18.0. The molecule has 2 amide bonds. The van der Waals surface area contributed by atoms with Gasteiger partial charge in [-0.2, -0.15) is 4.98 Å². The number of hydrogen-bond acceptors (Lipinski definition) is 7. The van der Waals surface area contributed by atoms with Crippen LogP contribution in [0.1, 0.15) is 25.7 Å². The third-order valence-electron chi connectivity index (χ3n) is 5.98. The van der Waals surface area contributed by atoms with Crippen LogP contribution in [0.15, 0.2) is 42.6 Å². The minimum absolute atomic E-state index is 0.222. The molecule has 1 aliphatic heterocycles. The molecule has 0 spiro atoms. The summed E-state index contributed by atoms with van der Waals surface area (Å²) < 4.78 is 0. The lowest BCUT2D eigenvalue weighted by atomic mass is 10.2. The summed E-state index contributed by atoms with van der Waals surface area (Å²) in [5.41, 5.74) is 2.65. The second kappa shape index (κ2) is 9.35. The van der Waals surface area contributed by atoms with E-state index in [-0.39, 0.29) is 12.1 Å². The van der Waals surface area contributed by atoms with Crippen LogP contribution in [0.5, 0.6) is 0 Å². The normalized spacial score (nSPS) is 16.8. The zero-order chi connectivity index (χ0) is 21.8. The Kier molecular flexibility index (Phi) is 5.98. The van der Waals surface area contributed by atoms with Crippen molar-refractivity contribution < 1.29 is 4.79 Å². The molecule has 4 N–H and O–H groups in total. The third-order valence-corrected chi connectivity index (χ3v) is 5.98. The van der Waals surface area contributed by atoms with E-state index in [0.717, 1.165) is 50.1 Å². The molecular formula is C23H28N8O. The fraction of sp³-hybridized carbons (Fsp3) is 0.391. The summed E-state index contributed by atoms with van der Waals surface area (Å²) in [6, 6.07) is 11.9. The second-order valence-electron chi connectivity index (χ2n) is 8.29. The average Bonchev–Trinajstić information content (AvgIpc) is 3.33. The van der Waals surface area contributed by atoms with E-state index in [4.69, 9.17) is 0 Å². The first-order valence-electron chi connectivity index (χ1n) is 11.3. The van der Waals surface area contributed by atoms with Gasteiger partial charge in [0.25, 0.3) is 0 Å². The first-order chi connectivity index (χ1) is 15.7. The molecule has 1 aromatic carbocycles. The van der Waals surface area contributed by atoms with Crippen molar-refractivity contribution in [1.82, 2.24) is 25.6 Å². The van der Waals surface area contributed by atoms with E-state index in [1.54, 1.807) is 12.3 Å². The third kappa shape index (κ3) is 4.88. The van der Waals surface area contributed by atoms with E-state index >= 15 is 0 Å². The average molecular weight is 433 g/mol. The van der Waals surface area contributed by atoms with Crippen LogP contribution in [0, 0.1) is 0 Å². The summed E-state index contributed by atoms with van der Waals surface area (Å²) in [7, 11) is 0. The molecule has 0 unspecified atom stereocenters. The molecule has 2 aromatic heterocycles. The number of carbonyl (C=O) groups excluding carboxylic acids is 1. The van der Waals surface area contributed by atoms with Gasteiger partial charge in [0.2, 0.25) is 5.95 Å². The quantitative estimate of drug-likeness (QED) is 0.490. The van der Waals surface area contributed by atoms with Gasteiger partial charge in [-0.25, -0.2) is 14.8 Å². The summed E-state index contributed by atoms with van der Waals surface area (Å²) in [6.45, 7) is 4.05. The standard InChI is InChI=1S/C23H28N8O/c32-23(27-17-3-1-2-4-17)29-20-10-5-16-15-25-22(30-21(16)28-20)26-18-6-8-19(9-7-18)31-13-11-24-12-14-31/h5-10,15,17,24H,1-4,11-14H2,(H3,25,26,27,28,29,30,32). The second-order valence-corrected chi connectivity index (χ2v) is 8.29. The number of benzene rings is 1. The number of urea groups is 1. The minimum Gasteiger partial charge on any atom is -0.369 e. The van der Waals surface area contributed by atoms with Gasteiger partial charge in [0.05, 0.1) is 0 Å². The first kappa shape index (κ1) is 20.4. The maximum Gasteiger partial charge on any atom is 0.320 e. The molecule has 0 radical (unpaired) electrons. The molecule has 3 heterocycles. The predicted molar refractivity (Wildman–Crippen MR) is 127 cm³/mol. The molecule has 1 aliphatic carbocycles. The lowest BCUT2D eigenvalue weighted by Gasteiger charge is -2.29. The fourth-order valence-electron chi connectivity index (χ4n) is 4.25. The van der Waals surface area contributed by atoms with Crippen LogP contribution >= 0.6 is 0 Å². The van der Waals surface area contributed by atoms with E-state index in [1.807, 2.05) is 18.2 Å². The number of hydrogen-bond donors (Lipinski definition) is 4. The highest BCUT2D eigenvalue weighted by Crippen LogP contribution is 2.22. The number of anilines is 4. The van der Waals surface area contributed by atoms with Crippen molar-refractivity contribution in [2.24, 2.45) is 0 Å². The van der Waals surface area contributed by atoms with Crippen molar-refractivity contribution in [2.75, 3.05) is 41.7 Å². The van der Waals surface area contributed by atoms with Crippen LogP contribution in [0.2, 0.25) is 0 Å². The Labute approximate surface area is 187 Å². The van der Waals surface area contributed by atoms with E-state index in [1.165, 1.54) is 18.5 Å². The van der Waals surface area contributed by atoms with Crippen LogP contribution in [0.25, 0.3) is 11.0 Å². The van der Waals surface area contributed by atoms with Gasteiger partial charge in [0.15, 0.2) is 5.65 Å². The summed E-state index contributed by atoms with van der Waals surface area (Å²) in [4.78, 5) is 28.0. The van der Waals surface area contributed by atoms with Gasteiger partial charge >= 0.3 is 6.03 Å². The molecule has 1 saturated carbocycles. The zero-order valence-corrected chi connectivity index (χ0v) is 18.0. The molecule has 3 aromatic rings. The smallest absolute Gasteiger partial charge is 0.320 e. The number of nitrogens with zero attached hydrogens (tertiary/aromatic N) is 4. The Hall–Kier alpha value is -3.46. The van der Waals surface area contributed by atoms with E-state index < -0.39 is 0 Å². The van der Waals surface area contributed by atoms with Crippen LogP contribution in [-0.2, 0) is 0 Å². The molecule has 166 valence electrons. The molecule has 5 rings (SSSR count). The Morgan fingerprint density at radius 3 is 2.56 bits per heavy atom. The first-order valence-corrected chi connectivity index (χ1v) is 11.3. The van der Waals surface area contributed by atoms with Crippen molar-refractivity contribution in [3.05, 3.63) is 42.6 Å². The molecule has 9 heteroatoms. The maximum absolute atomic E-state index is 12.2.